The Labute approximate surface area is 141 Å². The van der Waals surface area contributed by atoms with Crippen LogP contribution in [0, 0.1) is 6.92 Å². The number of halogens is 1. The topological polar surface area (TPSA) is 72.2 Å². The van der Waals surface area contributed by atoms with Gasteiger partial charge < -0.3 is 11.1 Å². The van der Waals surface area contributed by atoms with E-state index < -0.39 is 5.91 Å². The zero-order valence-electron chi connectivity index (χ0n) is 12.2. The van der Waals surface area contributed by atoms with Crippen LogP contribution in [0.25, 0.3) is 0 Å². The summed E-state index contributed by atoms with van der Waals surface area (Å²) in [5, 5.41) is 2.84. The van der Waals surface area contributed by atoms with E-state index >= 15 is 0 Å². The summed E-state index contributed by atoms with van der Waals surface area (Å²) in [6, 6.07) is 9.22. The Morgan fingerprint density at radius 1 is 1.27 bits per heavy atom. The fourth-order valence-corrected chi connectivity index (χ4v) is 3.68. The molecule has 0 bridgehead atoms. The van der Waals surface area contributed by atoms with Gasteiger partial charge in [0.2, 0.25) is 11.8 Å². The zero-order valence-corrected chi connectivity index (χ0v) is 14.6. The maximum Gasteiger partial charge on any atom is 0.249 e. The highest BCUT2D eigenvalue weighted by molar-refractivity contribution is 9.11. The minimum Gasteiger partial charge on any atom is -0.366 e. The number of benzene rings is 1. The predicted molar refractivity (Wildman–Crippen MR) is 93.3 cm³/mol. The highest BCUT2D eigenvalue weighted by Gasteiger charge is 2.10. The van der Waals surface area contributed by atoms with Crippen LogP contribution in [-0.4, -0.2) is 11.8 Å². The summed E-state index contributed by atoms with van der Waals surface area (Å²) in [7, 11) is 0. The smallest absolute Gasteiger partial charge is 0.249 e. The molecule has 0 fully saturated rings. The molecule has 22 heavy (non-hydrogen) atoms. The van der Waals surface area contributed by atoms with Gasteiger partial charge in [-0.3, -0.25) is 9.59 Å². The van der Waals surface area contributed by atoms with Gasteiger partial charge in [-0.2, -0.15) is 0 Å². The van der Waals surface area contributed by atoms with Gasteiger partial charge in [-0.15, -0.1) is 11.3 Å². The van der Waals surface area contributed by atoms with Gasteiger partial charge in [0, 0.05) is 22.5 Å². The van der Waals surface area contributed by atoms with Gasteiger partial charge in [-0.05, 0) is 65.5 Å². The Morgan fingerprint density at radius 2 is 2.05 bits per heavy atom. The van der Waals surface area contributed by atoms with E-state index in [1.165, 1.54) is 4.88 Å². The van der Waals surface area contributed by atoms with Crippen LogP contribution in [0.5, 0.6) is 0 Å². The van der Waals surface area contributed by atoms with E-state index in [9.17, 15) is 9.59 Å². The SMILES string of the molecule is Cc1c(NC(=O)CCCc2ccc(Br)s2)cccc1C(N)=O. The number of rotatable bonds is 6. The first-order valence-electron chi connectivity index (χ1n) is 6.91. The quantitative estimate of drug-likeness (QED) is 0.797. The van der Waals surface area contributed by atoms with Crippen molar-refractivity contribution in [2.75, 3.05) is 5.32 Å². The van der Waals surface area contributed by atoms with Gasteiger partial charge in [0.05, 0.1) is 3.79 Å². The predicted octanol–water partition coefficient (Wildman–Crippen LogP) is 3.88. The van der Waals surface area contributed by atoms with E-state index in [0.717, 1.165) is 16.6 Å². The van der Waals surface area contributed by atoms with Crippen LogP contribution in [0.1, 0.15) is 33.6 Å². The first kappa shape index (κ1) is 16.7. The highest BCUT2D eigenvalue weighted by Crippen LogP contribution is 2.23. The minimum atomic E-state index is -0.489. The molecule has 3 N–H and O–H groups in total. The van der Waals surface area contributed by atoms with Gasteiger partial charge >= 0.3 is 0 Å². The molecule has 0 aliphatic heterocycles. The summed E-state index contributed by atoms with van der Waals surface area (Å²) in [6.45, 7) is 1.78. The van der Waals surface area contributed by atoms with Crippen molar-refractivity contribution < 1.29 is 9.59 Å². The molecule has 0 aliphatic rings. The van der Waals surface area contributed by atoms with Crippen LogP contribution in [0.3, 0.4) is 0 Å². The van der Waals surface area contributed by atoms with Crippen molar-refractivity contribution >= 4 is 44.8 Å². The molecule has 2 rings (SSSR count). The molecule has 0 aliphatic carbocycles. The Bertz CT molecular complexity index is 697. The van der Waals surface area contributed by atoms with Crippen molar-refractivity contribution in [3.8, 4) is 0 Å². The second-order valence-corrected chi connectivity index (χ2v) is 7.50. The van der Waals surface area contributed by atoms with Crippen LogP contribution in [0.4, 0.5) is 5.69 Å². The Kier molecular flexibility index (Phi) is 5.74. The number of amides is 2. The molecule has 1 aromatic heterocycles. The molecule has 0 atom stereocenters. The lowest BCUT2D eigenvalue weighted by atomic mass is 10.1. The van der Waals surface area contributed by atoms with Crippen molar-refractivity contribution in [2.24, 2.45) is 5.73 Å². The van der Waals surface area contributed by atoms with Gasteiger partial charge in [-0.25, -0.2) is 0 Å². The number of thiophene rings is 1. The zero-order chi connectivity index (χ0) is 16.1. The first-order valence-corrected chi connectivity index (χ1v) is 8.52. The lowest BCUT2D eigenvalue weighted by Gasteiger charge is -2.10. The fraction of sp³-hybridized carbons (Fsp3) is 0.250. The summed E-state index contributed by atoms with van der Waals surface area (Å²) in [4.78, 5) is 24.6. The molecule has 0 saturated heterocycles. The maximum absolute atomic E-state index is 12.0. The van der Waals surface area contributed by atoms with Gasteiger partial charge in [0.1, 0.15) is 0 Å². The molecule has 2 aromatic rings. The van der Waals surface area contributed by atoms with Crippen molar-refractivity contribution in [1.82, 2.24) is 0 Å². The second kappa shape index (κ2) is 7.56. The van der Waals surface area contributed by atoms with E-state index in [4.69, 9.17) is 5.73 Å². The number of carbonyl (C=O) groups excluding carboxylic acids is 2. The molecule has 4 nitrogen and oxygen atoms in total. The second-order valence-electron chi connectivity index (χ2n) is 4.95. The molecule has 2 amide bonds. The largest absolute Gasteiger partial charge is 0.366 e. The lowest BCUT2D eigenvalue weighted by Crippen LogP contribution is -2.16. The number of hydrogen-bond acceptors (Lipinski definition) is 3. The van der Waals surface area contributed by atoms with Gasteiger partial charge in [0.15, 0.2) is 0 Å². The molecular formula is C16H17BrN2O2S. The standard InChI is InChI=1S/C16H17BrN2O2S/c1-10-12(16(18)21)5-3-6-13(10)19-15(20)7-2-4-11-8-9-14(17)22-11/h3,5-6,8-9H,2,4,7H2,1H3,(H2,18,21)(H,19,20). The Balaban J connectivity index is 1.89. The summed E-state index contributed by atoms with van der Waals surface area (Å²) < 4.78 is 1.10. The summed E-state index contributed by atoms with van der Waals surface area (Å²) in [6.07, 6.45) is 2.10. The average Bonchev–Trinajstić information content (AvgIpc) is 2.86. The molecule has 0 saturated carbocycles. The summed E-state index contributed by atoms with van der Waals surface area (Å²) in [5.74, 6) is -0.544. The van der Waals surface area contributed by atoms with Crippen molar-refractivity contribution in [3.63, 3.8) is 0 Å². The molecule has 6 heteroatoms. The normalized spacial score (nSPS) is 10.5. The van der Waals surface area contributed by atoms with Crippen molar-refractivity contribution in [1.29, 1.82) is 0 Å². The Hall–Kier alpha value is -1.66. The van der Waals surface area contributed by atoms with Crippen LogP contribution in [0.15, 0.2) is 34.1 Å². The van der Waals surface area contributed by atoms with Gasteiger partial charge in [-0.1, -0.05) is 6.07 Å². The van der Waals surface area contributed by atoms with Crippen LogP contribution < -0.4 is 11.1 Å². The Morgan fingerprint density at radius 3 is 2.68 bits per heavy atom. The number of hydrogen-bond donors (Lipinski definition) is 2. The van der Waals surface area contributed by atoms with E-state index in [-0.39, 0.29) is 5.91 Å². The van der Waals surface area contributed by atoms with Crippen molar-refractivity contribution in [3.05, 3.63) is 50.1 Å². The van der Waals surface area contributed by atoms with E-state index in [2.05, 4.69) is 27.3 Å². The number of nitrogens with one attached hydrogen (secondary N) is 1. The molecule has 0 radical (unpaired) electrons. The number of carbonyl (C=O) groups is 2. The molecule has 0 unspecified atom stereocenters. The molecule has 1 heterocycles. The third-order valence-electron chi connectivity index (χ3n) is 3.33. The fourth-order valence-electron chi connectivity index (χ4n) is 2.16. The van der Waals surface area contributed by atoms with Crippen molar-refractivity contribution in [2.45, 2.75) is 26.2 Å². The number of aryl methyl sites for hydroxylation is 1. The minimum absolute atomic E-state index is 0.0552. The highest BCUT2D eigenvalue weighted by atomic mass is 79.9. The lowest BCUT2D eigenvalue weighted by molar-refractivity contribution is -0.116. The van der Waals surface area contributed by atoms with E-state index in [1.807, 2.05) is 6.07 Å². The molecule has 116 valence electrons. The summed E-state index contributed by atoms with van der Waals surface area (Å²) >= 11 is 5.11. The van der Waals surface area contributed by atoms with Crippen LogP contribution >= 0.6 is 27.3 Å². The molecule has 0 spiro atoms. The average molecular weight is 381 g/mol. The number of anilines is 1. The van der Waals surface area contributed by atoms with Gasteiger partial charge in [0.25, 0.3) is 0 Å². The van der Waals surface area contributed by atoms with E-state index in [0.29, 0.717) is 23.2 Å². The number of primary amides is 1. The molecule has 1 aromatic carbocycles. The summed E-state index contributed by atoms with van der Waals surface area (Å²) in [5.41, 5.74) is 7.08. The molecular weight excluding hydrogens is 364 g/mol. The van der Waals surface area contributed by atoms with Crippen LogP contribution in [-0.2, 0) is 11.2 Å². The maximum atomic E-state index is 12.0. The third kappa shape index (κ3) is 4.42. The first-order chi connectivity index (χ1) is 10.5. The van der Waals surface area contributed by atoms with Crippen LogP contribution in [0.2, 0.25) is 0 Å². The number of nitrogens with two attached hydrogens (primary N) is 1. The third-order valence-corrected chi connectivity index (χ3v) is 5.01. The van der Waals surface area contributed by atoms with E-state index in [1.54, 1.807) is 36.5 Å². The monoisotopic (exact) mass is 380 g/mol.